The molecule has 2 aromatic rings. The van der Waals surface area contributed by atoms with Crippen molar-refractivity contribution >= 4 is 23.3 Å². The lowest BCUT2D eigenvalue weighted by molar-refractivity contribution is 0.0746. The molecule has 1 heterocycles. The van der Waals surface area contributed by atoms with E-state index in [-0.39, 0.29) is 11.9 Å². The molecule has 29 heavy (non-hydrogen) atoms. The number of benzene rings is 2. The number of hydrogen-bond acceptors (Lipinski definition) is 3. The fraction of sp³-hybridized carbons (Fsp3) is 0.391. The van der Waals surface area contributed by atoms with Gasteiger partial charge in [0, 0.05) is 49.7 Å². The van der Waals surface area contributed by atoms with Crippen molar-refractivity contribution in [2.75, 3.05) is 42.9 Å². The van der Waals surface area contributed by atoms with Crippen LogP contribution in [0.2, 0.25) is 0 Å². The summed E-state index contributed by atoms with van der Waals surface area (Å²) in [5.41, 5.74) is 3.68. The molecule has 0 spiro atoms. The van der Waals surface area contributed by atoms with Crippen molar-refractivity contribution in [2.24, 2.45) is 0 Å². The third-order valence-corrected chi connectivity index (χ3v) is 5.25. The molecule has 3 amide bonds. The van der Waals surface area contributed by atoms with Gasteiger partial charge in [-0.25, -0.2) is 4.79 Å². The Balaban J connectivity index is 1.51. The Kier molecular flexibility index (Phi) is 7.11. The number of urea groups is 1. The molecule has 0 aromatic heterocycles. The highest BCUT2D eigenvalue weighted by molar-refractivity contribution is 5.95. The summed E-state index contributed by atoms with van der Waals surface area (Å²) in [4.78, 5) is 28.8. The van der Waals surface area contributed by atoms with E-state index in [1.54, 1.807) is 0 Å². The van der Waals surface area contributed by atoms with Gasteiger partial charge in [0.25, 0.3) is 5.91 Å². The summed E-state index contributed by atoms with van der Waals surface area (Å²) in [5.74, 6) is 0.108. The molecule has 1 aliphatic heterocycles. The zero-order chi connectivity index (χ0) is 20.6. The summed E-state index contributed by atoms with van der Waals surface area (Å²) in [6.45, 7) is 7.75. The maximum Gasteiger partial charge on any atom is 0.319 e. The highest BCUT2D eigenvalue weighted by atomic mass is 16.2. The molecule has 154 valence electrons. The summed E-state index contributed by atoms with van der Waals surface area (Å²) in [6, 6.07) is 15.4. The number of amides is 3. The minimum Gasteiger partial charge on any atom is -0.368 e. The maximum atomic E-state index is 12.8. The van der Waals surface area contributed by atoms with E-state index in [1.807, 2.05) is 60.4 Å². The zero-order valence-electron chi connectivity index (χ0n) is 17.3. The third-order valence-electron chi connectivity index (χ3n) is 5.25. The second-order valence-electron chi connectivity index (χ2n) is 7.38. The number of nitrogens with zero attached hydrogens (tertiary/aromatic N) is 2. The Hall–Kier alpha value is -3.02. The van der Waals surface area contributed by atoms with E-state index in [0.29, 0.717) is 19.6 Å². The first-order valence-electron chi connectivity index (χ1n) is 10.3. The molecule has 1 aliphatic rings. The van der Waals surface area contributed by atoms with Crippen LogP contribution in [0.3, 0.4) is 0 Å². The first kappa shape index (κ1) is 20.7. The molecule has 0 atom stereocenters. The predicted octanol–water partition coefficient (Wildman–Crippen LogP) is 3.88. The Morgan fingerprint density at radius 3 is 2.31 bits per heavy atom. The van der Waals surface area contributed by atoms with Crippen LogP contribution in [0, 0.1) is 6.92 Å². The quantitative estimate of drug-likeness (QED) is 0.731. The van der Waals surface area contributed by atoms with Crippen LogP contribution in [0.1, 0.15) is 35.7 Å². The third kappa shape index (κ3) is 5.50. The van der Waals surface area contributed by atoms with Crippen molar-refractivity contribution in [1.82, 2.24) is 10.2 Å². The Morgan fingerprint density at radius 1 is 0.966 bits per heavy atom. The minimum absolute atomic E-state index is 0.108. The van der Waals surface area contributed by atoms with Gasteiger partial charge in [0.05, 0.1) is 0 Å². The molecule has 0 aliphatic carbocycles. The van der Waals surface area contributed by atoms with Gasteiger partial charge in [-0.2, -0.15) is 0 Å². The fourth-order valence-electron chi connectivity index (χ4n) is 3.46. The number of carbonyl (C=O) groups is 2. The first-order chi connectivity index (χ1) is 14.1. The summed E-state index contributed by atoms with van der Waals surface area (Å²) in [7, 11) is 0. The lowest BCUT2D eigenvalue weighted by Crippen LogP contribution is -2.48. The lowest BCUT2D eigenvalue weighted by Gasteiger charge is -2.36. The maximum absolute atomic E-state index is 12.8. The van der Waals surface area contributed by atoms with Gasteiger partial charge in [-0.3, -0.25) is 4.79 Å². The van der Waals surface area contributed by atoms with Crippen LogP contribution in [-0.4, -0.2) is 49.6 Å². The Morgan fingerprint density at radius 2 is 1.66 bits per heavy atom. The van der Waals surface area contributed by atoms with Gasteiger partial charge in [-0.05, 0) is 49.2 Å². The van der Waals surface area contributed by atoms with E-state index in [2.05, 4.69) is 22.5 Å². The molecule has 1 saturated heterocycles. The van der Waals surface area contributed by atoms with Crippen molar-refractivity contribution in [2.45, 2.75) is 26.7 Å². The molecular weight excluding hydrogens is 364 g/mol. The van der Waals surface area contributed by atoms with Gasteiger partial charge in [0.1, 0.15) is 0 Å². The summed E-state index contributed by atoms with van der Waals surface area (Å²) < 4.78 is 0. The summed E-state index contributed by atoms with van der Waals surface area (Å²) >= 11 is 0. The van der Waals surface area contributed by atoms with Crippen molar-refractivity contribution in [3.05, 3.63) is 59.7 Å². The minimum atomic E-state index is -0.172. The van der Waals surface area contributed by atoms with Crippen LogP contribution in [0.25, 0.3) is 0 Å². The van der Waals surface area contributed by atoms with Gasteiger partial charge in [-0.1, -0.05) is 31.5 Å². The molecule has 1 fully saturated rings. The summed E-state index contributed by atoms with van der Waals surface area (Å²) in [6.07, 6.45) is 2.03. The number of carbonyl (C=O) groups excluding carboxylic acids is 2. The van der Waals surface area contributed by atoms with E-state index in [4.69, 9.17) is 0 Å². The number of nitrogens with one attached hydrogen (secondary N) is 2. The molecule has 6 heteroatoms. The van der Waals surface area contributed by atoms with E-state index in [0.717, 1.165) is 48.4 Å². The average molecular weight is 395 g/mol. The second-order valence-corrected chi connectivity index (χ2v) is 7.38. The zero-order valence-corrected chi connectivity index (χ0v) is 17.3. The van der Waals surface area contributed by atoms with Crippen LogP contribution in [-0.2, 0) is 0 Å². The van der Waals surface area contributed by atoms with Crippen LogP contribution in [0.15, 0.2) is 48.5 Å². The highest BCUT2D eigenvalue weighted by Crippen LogP contribution is 2.20. The van der Waals surface area contributed by atoms with Crippen molar-refractivity contribution in [3.63, 3.8) is 0 Å². The first-order valence-corrected chi connectivity index (χ1v) is 10.3. The number of aryl methyl sites for hydroxylation is 1. The average Bonchev–Trinajstić information content (AvgIpc) is 2.74. The number of anilines is 2. The van der Waals surface area contributed by atoms with Crippen LogP contribution < -0.4 is 15.5 Å². The lowest BCUT2D eigenvalue weighted by atomic mass is 10.1. The van der Waals surface area contributed by atoms with Crippen molar-refractivity contribution < 1.29 is 9.59 Å². The summed E-state index contributed by atoms with van der Waals surface area (Å²) in [5, 5.41) is 5.70. The van der Waals surface area contributed by atoms with E-state index < -0.39 is 0 Å². The normalized spacial score (nSPS) is 13.9. The Bertz CT molecular complexity index is 827. The Labute approximate surface area is 172 Å². The number of hydrogen-bond donors (Lipinski definition) is 2. The number of rotatable bonds is 6. The molecule has 0 unspecified atom stereocenters. The fourth-order valence-corrected chi connectivity index (χ4v) is 3.46. The monoisotopic (exact) mass is 394 g/mol. The smallest absolute Gasteiger partial charge is 0.319 e. The molecule has 0 radical (unpaired) electrons. The molecule has 2 aromatic carbocycles. The molecular formula is C23H30N4O2. The molecule has 0 saturated carbocycles. The van der Waals surface area contributed by atoms with E-state index in [9.17, 15) is 9.59 Å². The number of piperazine rings is 1. The van der Waals surface area contributed by atoms with Gasteiger partial charge >= 0.3 is 6.03 Å². The van der Waals surface area contributed by atoms with E-state index in [1.165, 1.54) is 0 Å². The van der Waals surface area contributed by atoms with Crippen LogP contribution >= 0.6 is 0 Å². The van der Waals surface area contributed by atoms with Crippen LogP contribution in [0.5, 0.6) is 0 Å². The molecule has 3 rings (SSSR count). The second kappa shape index (κ2) is 9.96. The van der Waals surface area contributed by atoms with Crippen molar-refractivity contribution in [3.8, 4) is 0 Å². The largest absolute Gasteiger partial charge is 0.368 e. The van der Waals surface area contributed by atoms with Gasteiger partial charge < -0.3 is 20.4 Å². The standard InChI is InChI=1S/C23H30N4O2/c1-3-4-13-24-23(29)25-19-9-11-20(12-10-19)26-14-16-27(17-15-26)22(28)21-8-6-5-7-18(21)2/h5-12H,3-4,13-17H2,1-2H3,(H2,24,25,29). The van der Waals surface area contributed by atoms with Gasteiger partial charge in [-0.15, -0.1) is 0 Å². The predicted molar refractivity (Wildman–Crippen MR) is 118 cm³/mol. The topological polar surface area (TPSA) is 64.7 Å². The SMILES string of the molecule is CCCCNC(=O)Nc1ccc(N2CCN(C(=O)c3ccccc3C)CC2)cc1. The molecule has 6 nitrogen and oxygen atoms in total. The van der Waals surface area contributed by atoms with Crippen molar-refractivity contribution in [1.29, 1.82) is 0 Å². The number of unbranched alkanes of at least 4 members (excludes halogenated alkanes) is 1. The van der Waals surface area contributed by atoms with Gasteiger partial charge in [0.2, 0.25) is 0 Å². The van der Waals surface area contributed by atoms with E-state index >= 15 is 0 Å². The molecule has 2 N–H and O–H groups in total. The molecule has 0 bridgehead atoms. The van der Waals surface area contributed by atoms with Crippen LogP contribution in [0.4, 0.5) is 16.2 Å². The highest BCUT2D eigenvalue weighted by Gasteiger charge is 2.23. The van der Waals surface area contributed by atoms with Gasteiger partial charge in [0.15, 0.2) is 0 Å².